The summed E-state index contributed by atoms with van der Waals surface area (Å²) in [6.45, 7) is 0. The molecule has 1 aromatic carbocycles. The molecule has 1 saturated carbocycles. The number of aromatic nitrogens is 3. The molecule has 0 spiro atoms. The third-order valence-corrected chi connectivity index (χ3v) is 5.60. The van der Waals surface area contributed by atoms with Crippen LogP contribution in [0, 0.1) is 0 Å². The molecule has 0 aliphatic heterocycles. The van der Waals surface area contributed by atoms with Gasteiger partial charge in [-0.2, -0.15) is 26.3 Å². The molecular weight excluding hydrogens is 562 g/mol. The molecule has 1 fully saturated rings. The summed E-state index contributed by atoms with van der Waals surface area (Å²) < 4.78 is 65.4. The minimum atomic E-state index is -5.08. The maximum absolute atomic E-state index is 13.1. The third-order valence-electron chi connectivity index (χ3n) is 5.60. The highest BCUT2D eigenvalue weighted by molar-refractivity contribution is 6.00. The second kappa shape index (κ2) is 12.1. The van der Waals surface area contributed by atoms with Gasteiger partial charge in [0.2, 0.25) is 0 Å². The number of carbonyl (C=O) groups is 3. The Balaban J connectivity index is 0.000000276. The molecule has 1 aliphatic carbocycles. The van der Waals surface area contributed by atoms with E-state index in [1.165, 1.54) is 0 Å². The maximum atomic E-state index is 13.1. The average molecular weight is 582 g/mol. The van der Waals surface area contributed by atoms with Crippen LogP contribution in [-0.4, -0.2) is 54.8 Å². The number of amides is 1. The molecule has 0 bridgehead atoms. The van der Waals surface area contributed by atoms with Gasteiger partial charge in [-0.3, -0.25) is 14.2 Å². The summed E-state index contributed by atoms with van der Waals surface area (Å²) in [5, 5.41) is 17.5. The van der Waals surface area contributed by atoms with E-state index in [-0.39, 0.29) is 11.4 Å². The molecule has 0 unspecified atom stereocenters. The van der Waals surface area contributed by atoms with Gasteiger partial charge < -0.3 is 15.5 Å². The van der Waals surface area contributed by atoms with Crippen molar-refractivity contribution in [3.63, 3.8) is 0 Å². The number of carbonyl (C=O) groups excluding carboxylic acids is 1. The Morgan fingerprint density at radius 2 is 1.39 bits per heavy atom. The molecule has 4 aromatic rings. The number of benzene rings is 1. The Morgan fingerprint density at radius 3 is 1.88 bits per heavy atom. The number of hydrogen-bond donors (Lipinski definition) is 3. The van der Waals surface area contributed by atoms with E-state index in [4.69, 9.17) is 19.8 Å². The second-order valence-corrected chi connectivity index (χ2v) is 8.49. The zero-order chi connectivity index (χ0) is 30.4. The second-order valence-electron chi connectivity index (χ2n) is 8.49. The van der Waals surface area contributed by atoms with Gasteiger partial charge in [-0.05, 0) is 42.7 Å². The van der Waals surface area contributed by atoms with Crippen LogP contribution in [0.15, 0.2) is 79.3 Å². The molecule has 5 rings (SSSR count). The van der Waals surface area contributed by atoms with Crippen molar-refractivity contribution < 1.29 is 50.9 Å². The topological polar surface area (TPSA) is 134 Å². The number of carboxylic acid groups (broad SMARTS) is 2. The van der Waals surface area contributed by atoms with Crippen molar-refractivity contribution in [3.8, 4) is 11.4 Å². The number of hydrogen-bond acceptors (Lipinski definition) is 5. The van der Waals surface area contributed by atoms with E-state index in [0.29, 0.717) is 11.5 Å². The first-order chi connectivity index (χ1) is 19.2. The van der Waals surface area contributed by atoms with Gasteiger partial charge in [-0.1, -0.05) is 36.4 Å². The SMILES string of the molecule is O=C(NC1(c2ccccc2)CC1)c1nc(-c2cccnc2)n2ccccc12.O=C(O)C(F)(F)F.O=C(O)C(F)(F)F. The van der Waals surface area contributed by atoms with Gasteiger partial charge in [0.1, 0.15) is 5.82 Å². The highest BCUT2D eigenvalue weighted by Crippen LogP contribution is 2.45. The Hall–Kier alpha value is -4.95. The zero-order valence-corrected chi connectivity index (χ0v) is 20.6. The quantitative estimate of drug-likeness (QED) is 0.286. The van der Waals surface area contributed by atoms with Crippen molar-refractivity contribution >= 4 is 23.4 Å². The van der Waals surface area contributed by atoms with Crippen LogP contribution in [-0.2, 0) is 15.1 Å². The van der Waals surface area contributed by atoms with Crippen LogP contribution in [0.2, 0.25) is 0 Å². The van der Waals surface area contributed by atoms with Crippen LogP contribution in [0.5, 0.6) is 0 Å². The van der Waals surface area contributed by atoms with Gasteiger partial charge in [0.25, 0.3) is 5.91 Å². The zero-order valence-electron chi connectivity index (χ0n) is 20.6. The molecule has 216 valence electrons. The minimum absolute atomic E-state index is 0.143. The van der Waals surface area contributed by atoms with E-state index in [1.807, 2.05) is 59.1 Å². The van der Waals surface area contributed by atoms with Gasteiger partial charge in [0.15, 0.2) is 5.69 Å². The Bertz CT molecular complexity index is 1490. The molecule has 1 aliphatic rings. The lowest BCUT2D eigenvalue weighted by molar-refractivity contribution is -0.193. The first-order valence-corrected chi connectivity index (χ1v) is 11.5. The summed E-state index contributed by atoms with van der Waals surface area (Å²) in [7, 11) is 0. The smallest absolute Gasteiger partial charge is 0.475 e. The van der Waals surface area contributed by atoms with Crippen LogP contribution in [0.25, 0.3) is 16.9 Å². The number of imidazole rings is 1. The normalized spacial score (nSPS) is 13.6. The van der Waals surface area contributed by atoms with Crippen molar-refractivity contribution in [1.82, 2.24) is 19.7 Å². The van der Waals surface area contributed by atoms with Crippen molar-refractivity contribution in [2.45, 2.75) is 30.7 Å². The monoisotopic (exact) mass is 582 g/mol. The predicted octanol–water partition coefficient (Wildman–Crippen LogP) is 5.08. The molecule has 0 radical (unpaired) electrons. The molecule has 0 atom stereocenters. The summed E-state index contributed by atoms with van der Waals surface area (Å²) in [6, 6.07) is 19.7. The molecule has 3 heterocycles. The van der Waals surface area contributed by atoms with Crippen LogP contribution in [0.1, 0.15) is 28.9 Å². The number of nitrogens with one attached hydrogen (secondary N) is 1. The molecule has 1 amide bonds. The van der Waals surface area contributed by atoms with E-state index < -0.39 is 24.3 Å². The lowest BCUT2D eigenvalue weighted by Crippen LogP contribution is -2.35. The van der Waals surface area contributed by atoms with Crippen LogP contribution in [0.3, 0.4) is 0 Å². The lowest BCUT2D eigenvalue weighted by atomic mass is 10.0. The van der Waals surface area contributed by atoms with E-state index in [0.717, 1.165) is 29.5 Å². The van der Waals surface area contributed by atoms with Gasteiger partial charge in [0, 0.05) is 24.2 Å². The average Bonchev–Trinajstić information content (AvgIpc) is 3.60. The van der Waals surface area contributed by atoms with E-state index in [2.05, 4.69) is 27.4 Å². The Kier molecular flexibility index (Phi) is 9.00. The van der Waals surface area contributed by atoms with Crippen molar-refractivity contribution in [3.05, 3.63) is 90.5 Å². The lowest BCUT2D eigenvalue weighted by Gasteiger charge is -2.17. The number of alkyl halides is 6. The fourth-order valence-corrected chi connectivity index (χ4v) is 3.55. The minimum Gasteiger partial charge on any atom is -0.475 e. The number of carboxylic acids is 2. The summed E-state index contributed by atoms with van der Waals surface area (Å²) >= 11 is 0. The van der Waals surface area contributed by atoms with E-state index in [1.54, 1.807) is 12.4 Å². The van der Waals surface area contributed by atoms with Gasteiger partial charge in [-0.25, -0.2) is 14.6 Å². The van der Waals surface area contributed by atoms with Crippen LogP contribution in [0.4, 0.5) is 26.3 Å². The highest BCUT2D eigenvalue weighted by Gasteiger charge is 2.46. The Labute approximate surface area is 227 Å². The van der Waals surface area contributed by atoms with Crippen molar-refractivity contribution in [1.29, 1.82) is 0 Å². The van der Waals surface area contributed by atoms with Crippen LogP contribution >= 0.6 is 0 Å². The van der Waals surface area contributed by atoms with Crippen molar-refractivity contribution in [2.24, 2.45) is 0 Å². The fraction of sp³-hybridized carbons (Fsp3) is 0.192. The molecule has 15 heteroatoms. The summed E-state index contributed by atoms with van der Waals surface area (Å²) in [6.07, 6.45) is -2.86. The summed E-state index contributed by atoms with van der Waals surface area (Å²) in [5.74, 6) is -4.94. The number of pyridine rings is 2. The van der Waals surface area contributed by atoms with E-state index >= 15 is 0 Å². The fourth-order valence-electron chi connectivity index (χ4n) is 3.55. The van der Waals surface area contributed by atoms with Gasteiger partial charge in [-0.15, -0.1) is 0 Å². The molecular formula is C26H20F6N4O5. The summed E-state index contributed by atoms with van der Waals surface area (Å²) in [5.41, 5.74) is 2.99. The standard InChI is InChI=1S/C22H18N4O.2C2HF3O2/c27-21(25-22(11-12-22)17-8-2-1-3-9-17)19-18-10-4-5-14-26(18)20(24-19)16-7-6-13-23-15-16;2*3-2(4,5)1(6)7/h1-10,13-15H,11-12H2,(H,25,27);2*(H,6,7). The summed E-state index contributed by atoms with van der Waals surface area (Å²) in [4.78, 5) is 39.8. The van der Waals surface area contributed by atoms with Crippen LogP contribution < -0.4 is 5.32 Å². The first kappa shape index (κ1) is 30.6. The highest BCUT2D eigenvalue weighted by atomic mass is 19.4. The molecule has 0 saturated heterocycles. The largest absolute Gasteiger partial charge is 0.490 e. The molecule has 3 aromatic heterocycles. The number of halogens is 6. The predicted molar refractivity (Wildman–Crippen MR) is 131 cm³/mol. The number of aliphatic carboxylic acids is 2. The van der Waals surface area contributed by atoms with Gasteiger partial charge in [0.05, 0.1) is 11.1 Å². The third kappa shape index (κ3) is 7.80. The maximum Gasteiger partial charge on any atom is 0.490 e. The van der Waals surface area contributed by atoms with E-state index in [9.17, 15) is 31.1 Å². The molecule has 41 heavy (non-hydrogen) atoms. The molecule has 3 N–H and O–H groups in total. The number of fused-ring (bicyclic) bond motifs is 1. The Morgan fingerprint density at radius 1 is 0.829 bits per heavy atom. The number of rotatable bonds is 4. The van der Waals surface area contributed by atoms with Crippen molar-refractivity contribution in [2.75, 3.05) is 0 Å². The van der Waals surface area contributed by atoms with Gasteiger partial charge >= 0.3 is 24.3 Å². The number of nitrogens with zero attached hydrogens (tertiary/aromatic N) is 3. The molecule has 9 nitrogen and oxygen atoms in total. The first-order valence-electron chi connectivity index (χ1n) is 11.5.